The molecule has 0 aromatic heterocycles. The fourth-order valence-electron chi connectivity index (χ4n) is 3.26. The second kappa shape index (κ2) is 5.17. The van der Waals surface area contributed by atoms with Crippen molar-refractivity contribution in [2.75, 3.05) is 7.11 Å². The van der Waals surface area contributed by atoms with Crippen LogP contribution in [0.15, 0.2) is 42.5 Å². The number of benzene rings is 1. The summed E-state index contributed by atoms with van der Waals surface area (Å²) in [5.41, 5.74) is 1.25. The molecule has 0 amide bonds. The Morgan fingerprint density at radius 1 is 1.26 bits per heavy atom. The lowest BCUT2D eigenvalue weighted by Gasteiger charge is -2.46. The van der Waals surface area contributed by atoms with E-state index in [-0.39, 0.29) is 12.0 Å². The highest BCUT2D eigenvalue weighted by Gasteiger charge is 2.43. The van der Waals surface area contributed by atoms with E-state index in [4.69, 9.17) is 4.74 Å². The van der Waals surface area contributed by atoms with E-state index in [2.05, 4.69) is 29.2 Å². The number of nitrogens with zero attached hydrogens (tertiary/aromatic N) is 1. The van der Waals surface area contributed by atoms with Gasteiger partial charge in [-0.1, -0.05) is 42.5 Å². The predicted octanol–water partition coefficient (Wildman–Crippen LogP) is 2.38. The minimum atomic E-state index is -0.117. The van der Waals surface area contributed by atoms with Gasteiger partial charge in [0.15, 0.2) is 0 Å². The largest absolute Gasteiger partial charge is 0.468 e. The van der Waals surface area contributed by atoms with Crippen molar-refractivity contribution in [2.45, 2.75) is 31.5 Å². The van der Waals surface area contributed by atoms with Crippen molar-refractivity contribution in [2.24, 2.45) is 5.92 Å². The van der Waals surface area contributed by atoms with E-state index in [1.807, 2.05) is 18.2 Å². The Bertz CT molecular complexity index is 483. The van der Waals surface area contributed by atoms with Crippen molar-refractivity contribution in [1.29, 1.82) is 0 Å². The van der Waals surface area contributed by atoms with E-state index in [9.17, 15) is 4.79 Å². The summed E-state index contributed by atoms with van der Waals surface area (Å²) in [6, 6.07) is 10.6. The lowest BCUT2D eigenvalue weighted by molar-refractivity contribution is -0.152. The number of esters is 1. The Hall–Kier alpha value is -1.61. The van der Waals surface area contributed by atoms with Crippen molar-refractivity contribution < 1.29 is 9.53 Å². The zero-order chi connectivity index (χ0) is 13.2. The van der Waals surface area contributed by atoms with Crippen LogP contribution in [0.25, 0.3) is 0 Å². The Balaban J connectivity index is 1.85. The van der Waals surface area contributed by atoms with E-state index < -0.39 is 0 Å². The molecule has 2 aliphatic heterocycles. The highest BCUT2D eigenvalue weighted by atomic mass is 16.5. The summed E-state index contributed by atoms with van der Waals surface area (Å²) < 4.78 is 5.00. The van der Waals surface area contributed by atoms with Crippen LogP contribution in [0, 0.1) is 5.92 Å². The first-order valence-electron chi connectivity index (χ1n) is 6.85. The van der Waals surface area contributed by atoms with E-state index in [1.54, 1.807) is 0 Å². The van der Waals surface area contributed by atoms with E-state index in [1.165, 1.54) is 12.7 Å². The number of piperidine rings is 1. The van der Waals surface area contributed by atoms with E-state index >= 15 is 0 Å². The Morgan fingerprint density at radius 2 is 2.05 bits per heavy atom. The van der Waals surface area contributed by atoms with Crippen molar-refractivity contribution in [3.63, 3.8) is 0 Å². The summed E-state index contributed by atoms with van der Waals surface area (Å²) in [4.78, 5) is 14.3. The topological polar surface area (TPSA) is 29.5 Å². The predicted molar refractivity (Wildman–Crippen MR) is 73.4 cm³/mol. The molecule has 1 saturated heterocycles. The monoisotopic (exact) mass is 257 g/mol. The maximum atomic E-state index is 12.1. The summed E-state index contributed by atoms with van der Waals surface area (Å²) in [6.45, 7) is 0.812. The van der Waals surface area contributed by atoms with Crippen LogP contribution in [-0.2, 0) is 16.1 Å². The number of carbonyl (C=O) groups excluding carboxylic acids is 1. The van der Waals surface area contributed by atoms with Gasteiger partial charge in [0, 0.05) is 18.5 Å². The highest BCUT2D eigenvalue weighted by molar-refractivity contribution is 5.77. The van der Waals surface area contributed by atoms with Crippen LogP contribution in [0.1, 0.15) is 18.4 Å². The lowest BCUT2D eigenvalue weighted by Crippen LogP contribution is -2.56. The van der Waals surface area contributed by atoms with Gasteiger partial charge in [0.1, 0.15) is 6.04 Å². The quantitative estimate of drug-likeness (QED) is 0.615. The van der Waals surface area contributed by atoms with Gasteiger partial charge in [-0.05, 0) is 18.4 Å². The number of fused-ring (bicyclic) bond motifs is 2. The molecule has 3 aliphatic rings. The van der Waals surface area contributed by atoms with E-state index in [0.29, 0.717) is 12.0 Å². The summed E-state index contributed by atoms with van der Waals surface area (Å²) in [7, 11) is 1.48. The number of rotatable bonds is 3. The Morgan fingerprint density at radius 3 is 2.68 bits per heavy atom. The van der Waals surface area contributed by atoms with Crippen LogP contribution >= 0.6 is 0 Å². The second-order valence-corrected chi connectivity index (χ2v) is 5.32. The maximum Gasteiger partial charge on any atom is 0.323 e. The third kappa shape index (κ3) is 2.30. The molecule has 19 heavy (non-hydrogen) atoms. The van der Waals surface area contributed by atoms with Gasteiger partial charge in [0.2, 0.25) is 0 Å². The minimum Gasteiger partial charge on any atom is -0.468 e. The van der Waals surface area contributed by atoms with Gasteiger partial charge in [0.25, 0.3) is 0 Å². The van der Waals surface area contributed by atoms with Gasteiger partial charge in [-0.2, -0.15) is 0 Å². The number of methoxy groups -OCH3 is 1. The van der Waals surface area contributed by atoms with Gasteiger partial charge in [-0.15, -0.1) is 0 Å². The molecular weight excluding hydrogens is 238 g/mol. The Labute approximate surface area is 113 Å². The van der Waals surface area contributed by atoms with Gasteiger partial charge in [-0.3, -0.25) is 9.69 Å². The number of hydrogen-bond acceptors (Lipinski definition) is 3. The van der Waals surface area contributed by atoms with Crippen molar-refractivity contribution in [3.05, 3.63) is 48.0 Å². The number of hydrogen-bond donors (Lipinski definition) is 0. The molecular formula is C16H19NO2. The molecule has 2 heterocycles. The molecule has 0 spiro atoms. The lowest BCUT2D eigenvalue weighted by atomic mass is 9.79. The Kier molecular flexibility index (Phi) is 3.38. The van der Waals surface area contributed by atoms with Crippen LogP contribution in [0.3, 0.4) is 0 Å². The second-order valence-electron chi connectivity index (χ2n) is 5.32. The molecule has 0 unspecified atom stereocenters. The molecule has 100 valence electrons. The SMILES string of the molecule is COC(=O)[C@@H]1[C@H]2C=C[C@@H](CC2)N1Cc1ccccc1. The van der Waals surface area contributed by atoms with Crippen LogP contribution in [0.2, 0.25) is 0 Å². The molecule has 0 radical (unpaired) electrons. The zero-order valence-corrected chi connectivity index (χ0v) is 11.2. The van der Waals surface area contributed by atoms with Crippen LogP contribution in [0.5, 0.6) is 0 Å². The smallest absolute Gasteiger partial charge is 0.323 e. The highest BCUT2D eigenvalue weighted by Crippen LogP contribution is 2.36. The average molecular weight is 257 g/mol. The van der Waals surface area contributed by atoms with Crippen molar-refractivity contribution >= 4 is 5.97 Å². The molecule has 1 fully saturated rings. The molecule has 1 aliphatic carbocycles. The molecule has 2 bridgehead atoms. The first-order valence-corrected chi connectivity index (χ1v) is 6.85. The van der Waals surface area contributed by atoms with Gasteiger partial charge in [0.05, 0.1) is 7.11 Å². The molecule has 0 saturated carbocycles. The summed E-state index contributed by atoms with van der Waals surface area (Å²) in [5.74, 6) is 0.205. The standard InChI is InChI=1S/C16H19NO2/c1-19-16(18)15-13-7-9-14(10-8-13)17(15)11-12-5-3-2-4-6-12/h2-7,9,13-15H,8,10-11H2,1H3/t13-,14-,15-/m0/s1. The first kappa shape index (κ1) is 12.4. The molecule has 3 heteroatoms. The zero-order valence-electron chi connectivity index (χ0n) is 11.2. The normalized spacial score (nSPS) is 29.4. The summed E-state index contributed by atoms with van der Waals surface area (Å²) in [6.07, 6.45) is 6.67. The molecule has 3 atom stereocenters. The van der Waals surface area contributed by atoms with Gasteiger partial charge in [-0.25, -0.2) is 0 Å². The van der Waals surface area contributed by atoms with E-state index in [0.717, 1.165) is 19.4 Å². The molecule has 1 aromatic carbocycles. The third-order valence-corrected chi connectivity index (χ3v) is 4.22. The maximum absolute atomic E-state index is 12.1. The molecule has 3 nitrogen and oxygen atoms in total. The van der Waals surface area contributed by atoms with Gasteiger partial charge >= 0.3 is 5.97 Å². The first-order chi connectivity index (χ1) is 9.29. The van der Waals surface area contributed by atoms with Crippen molar-refractivity contribution in [1.82, 2.24) is 4.90 Å². The average Bonchev–Trinajstić information content (AvgIpc) is 2.49. The van der Waals surface area contributed by atoms with Crippen LogP contribution in [0.4, 0.5) is 0 Å². The molecule has 4 rings (SSSR count). The minimum absolute atomic E-state index is 0.102. The fraction of sp³-hybridized carbons (Fsp3) is 0.438. The number of ether oxygens (including phenoxy) is 1. The summed E-state index contributed by atoms with van der Waals surface area (Å²) in [5, 5.41) is 0. The van der Waals surface area contributed by atoms with Gasteiger partial charge < -0.3 is 4.74 Å². The fourth-order valence-corrected chi connectivity index (χ4v) is 3.26. The molecule has 1 aromatic rings. The van der Waals surface area contributed by atoms with Crippen LogP contribution in [-0.4, -0.2) is 30.1 Å². The van der Waals surface area contributed by atoms with Crippen LogP contribution < -0.4 is 0 Å². The molecule has 0 N–H and O–H groups in total. The number of carbonyl (C=O) groups is 1. The van der Waals surface area contributed by atoms with Crippen molar-refractivity contribution in [3.8, 4) is 0 Å². The third-order valence-electron chi connectivity index (χ3n) is 4.22. The summed E-state index contributed by atoms with van der Waals surface area (Å²) >= 11 is 0.